The van der Waals surface area contributed by atoms with Gasteiger partial charge in [0, 0.05) is 11.9 Å². The third-order valence-corrected chi connectivity index (χ3v) is 3.79. The molecular weight excluding hydrogens is 144 g/mol. The van der Waals surface area contributed by atoms with Crippen LogP contribution in [0.1, 0.15) is 26.2 Å². The Morgan fingerprint density at radius 3 is 2.90 bits per heavy atom. The maximum atomic E-state index is 8.87. The van der Waals surface area contributed by atoms with E-state index in [9.17, 15) is 0 Å². The van der Waals surface area contributed by atoms with E-state index in [1.165, 1.54) is 25.0 Å². The van der Waals surface area contributed by atoms with Crippen LogP contribution in [0.25, 0.3) is 0 Å². The molecule has 1 rings (SSSR count). The molecule has 2 heteroatoms. The molecule has 0 bridgehead atoms. The number of hydrogen-bond acceptors (Lipinski definition) is 2. The highest BCUT2D eigenvalue weighted by molar-refractivity contribution is 7.99. The lowest BCUT2D eigenvalue weighted by Crippen LogP contribution is -2.21. The molecule has 0 amide bonds. The van der Waals surface area contributed by atoms with Crippen LogP contribution in [0.5, 0.6) is 0 Å². The average Bonchev–Trinajstić information content (AvgIpc) is 2.05. The largest absolute Gasteiger partial charge is 0.396 e. The summed E-state index contributed by atoms with van der Waals surface area (Å²) in [7, 11) is 0. The third kappa shape index (κ3) is 2.17. The Labute approximate surface area is 67.2 Å². The molecule has 1 heterocycles. The van der Waals surface area contributed by atoms with E-state index in [0.717, 1.165) is 5.25 Å². The second-order valence-corrected chi connectivity index (χ2v) is 4.41. The molecule has 1 nitrogen and oxygen atoms in total. The van der Waals surface area contributed by atoms with E-state index in [1.807, 2.05) is 11.8 Å². The number of aliphatic hydroxyl groups excluding tert-OH is 1. The minimum absolute atomic E-state index is 0.359. The predicted octanol–water partition coefficient (Wildman–Crippen LogP) is 1.90. The fourth-order valence-corrected chi connectivity index (χ4v) is 2.75. The molecule has 2 atom stereocenters. The summed E-state index contributed by atoms with van der Waals surface area (Å²) in [5.41, 5.74) is 0. The highest BCUT2D eigenvalue weighted by atomic mass is 32.2. The van der Waals surface area contributed by atoms with Crippen molar-refractivity contribution in [3.8, 4) is 0 Å². The highest BCUT2D eigenvalue weighted by Gasteiger charge is 2.19. The molecule has 0 saturated carbocycles. The Morgan fingerprint density at radius 1 is 1.60 bits per heavy atom. The summed E-state index contributed by atoms with van der Waals surface area (Å²) in [6.45, 7) is 2.50. The maximum absolute atomic E-state index is 8.87. The van der Waals surface area contributed by atoms with Crippen LogP contribution in [0.4, 0.5) is 0 Å². The Bertz CT molecular complexity index is 89.3. The van der Waals surface area contributed by atoms with Crippen LogP contribution in [-0.2, 0) is 0 Å². The van der Waals surface area contributed by atoms with Crippen molar-refractivity contribution in [3.05, 3.63) is 0 Å². The first-order valence-corrected chi connectivity index (χ1v) is 5.12. The summed E-state index contributed by atoms with van der Waals surface area (Å²) in [5.74, 6) is 1.81. The minimum Gasteiger partial charge on any atom is -0.396 e. The molecule has 0 aliphatic carbocycles. The lowest BCUT2D eigenvalue weighted by atomic mass is 10.0. The monoisotopic (exact) mass is 160 g/mol. The van der Waals surface area contributed by atoms with Gasteiger partial charge >= 0.3 is 0 Å². The minimum atomic E-state index is 0.359. The highest BCUT2D eigenvalue weighted by Crippen LogP contribution is 2.30. The molecule has 0 aromatic rings. The summed E-state index contributed by atoms with van der Waals surface area (Å²) < 4.78 is 0. The average molecular weight is 160 g/mol. The van der Waals surface area contributed by atoms with Crippen LogP contribution in [0, 0.1) is 5.92 Å². The van der Waals surface area contributed by atoms with E-state index in [-0.39, 0.29) is 0 Å². The molecule has 0 spiro atoms. The fraction of sp³-hybridized carbons (Fsp3) is 1.00. The van der Waals surface area contributed by atoms with Gasteiger partial charge in [-0.25, -0.2) is 0 Å². The van der Waals surface area contributed by atoms with Gasteiger partial charge in [-0.2, -0.15) is 11.8 Å². The first-order valence-electron chi connectivity index (χ1n) is 4.07. The van der Waals surface area contributed by atoms with Crippen LogP contribution < -0.4 is 0 Å². The fourth-order valence-electron chi connectivity index (χ4n) is 1.33. The van der Waals surface area contributed by atoms with Crippen molar-refractivity contribution in [1.29, 1.82) is 0 Å². The number of rotatable bonds is 2. The molecule has 2 unspecified atom stereocenters. The van der Waals surface area contributed by atoms with Gasteiger partial charge in [0.1, 0.15) is 0 Å². The Kier molecular flexibility index (Phi) is 3.57. The number of thioether (sulfide) groups is 1. The van der Waals surface area contributed by atoms with Crippen LogP contribution in [0.15, 0.2) is 0 Å². The second kappa shape index (κ2) is 4.24. The molecule has 1 fully saturated rings. The van der Waals surface area contributed by atoms with Crippen LogP contribution in [0.3, 0.4) is 0 Å². The summed E-state index contributed by atoms with van der Waals surface area (Å²) in [4.78, 5) is 0. The molecule has 0 radical (unpaired) electrons. The first-order chi connectivity index (χ1) is 4.84. The standard InChI is InChI=1S/C8H16OS/c1-7(6-9)8-4-2-3-5-10-8/h7-9H,2-6H2,1H3. The molecule has 1 N–H and O–H groups in total. The zero-order chi connectivity index (χ0) is 7.40. The SMILES string of the molecule is CC(CO)C1CCCCS1. The summed E-state index contributed by atoms with van der Waals surface area (Å²) in [6, 6.07) is 0. The van der Waals surface area contributed by atoms with Crippen molar-refractivity contribution >= 4 is 11.8 Å². The molecule has 0 aromatic heterocycles. The predicted molar refractivity (Wildman–Crippen MR) is 46.3 cm³/mol. The van der Waals surface area contributed by atoms with E-state index in [0.29, 0.717) is 12.5 Å². The van der Waals surface area contributed by atoms with Gasteiger partial charge in [-0.15, -0.1) is 0 Å². The van der Waals surface area contributed by atoms with Gasteiger partial charge in [0.05, 0.1) is 0 Å². The number of aliphatic hydroxyl groups is 1. The first kappa shape index (κ1) is 8.41. The Hall–Kier alpha value is 0.310. The normalized spacial score (nSPS) is 30.0. The van der Waals surface area contributed by atoms with Crippen LogP contribution >= 0.6 is 11.8 Å². The third-order valence-electron chi connectivity index (χ3n) is 2.14. The zero-order valence-electron chi connectivity index (χ0n) is 6.55. The Balaban J connectivity index is 2.24. The summed E-state index contributed by atoms with van der Waals surface area (Å²) in [5, 5.41) is 9.61. The van der Waals surface area contributed by atoms with E-state index in [2.05, 4.69) is 6.92 Å². The molecule has 60 valence electrons. The summed E-state index contributed by atoms with van der Waals surface area (Å²) >= 11 is 2.04. The van der Waals surface area contributed by atoms with Crippen molar-refractivity contribution in [1.82, 2.24) is 0 Å². The molecule has 1 aliphatic rings. The molecular formula is C8H16OS. The molecule has 1 aliphatic heterocycles. The zero-order valence-corrected chi connectivity index (χ0v) is 7.36. The molecule has 1 saturated heterocycles. The van der Waals surface area contributed by atoms with Crippen LogP contribution in [0.2, 0.25) is 0 Å². The Morgan fingerprint density at radius 2 is 2.40 bits per heavy atom. The quantitative estimate of drug-likeness (QED) is 0.666. The smallest absolute Gasteiger partial charge is 0.0467 e. The van der Waals surface area contributed by atoms with Gasteiger partial charge in [-0.1, -0.05) is 13.3 Å². The van der Waals surface area contributed by atoms with Crippen molar-refractivity contribution in [3.63, 3.8) is 0 Å². The van der Waals surface area contributed by atoms with Crippen molar-refractivity contribution in [2.75, 3.05) is 12.4 Å². The van der Waals surface area contributed by atoms with E-state index in [1.54, 1.807) is 0 Å². The van der Waals surface area contributed by atoms with Crippen molar-refractivity contribution in [2.45, 2.75) is 31.4 Å². The van der Waals surface area contributed by atoms with E-state index < -0.39 is 0 Å². The lowest BCUT2D eigenvalue weighted by Gasteiger charge is -2.25. The molecule has 10 heavy (non-hydrogen) atoms. The van der Waals surface area contributed by atoms with E-state index in [4.69, 9.17) is 5.11 Å². The topological polar surface area (TPSA) is 20.2 Å². The summed E-state index contributed by atoms with van der Waals surface area (Å²) in [6.07, 6.45) is 4.05. The van der Waals surface area contributed by atoms with E-state index >= 15 is 0 Å². The van der Waals surface area contributed by atoms with Gasteiger partial charge in [0.2, 0.25) is 0 Å². The second-order valence-electron chi connectivity index (χ2n) is 3.06. The van der Waals surface area contributed by atoms with Gasteiger partial charge in [0.15, 0.2) is 0 Å². The van der Waals surface area contributed by atoms with Gasteiger partial charge in [0.25, 0.3) is 0 Å². The van der Waals surface area contributed by atoms with Gasteiger partial charge < -0.3 is 5.11 Å². The van der Waals surface area contributed by atoms with Crippen molar-refractivity contribution in [2.24, 2.45) is 5.92 Å². The maximum Gasteiger partial charge on any atom is 0.0467 e. The van der Waals surface area contributed by atoms with Gasteiger partial charge in [-0.3, -0.25) is 0 Å². The lowest BCUT2D eigenvalue weighted by molar-refractivity contribution is 0.230. The van der Waals surface area contributed by atoms with Gasteiger partial charge in [-0.05, 0) is 24.5 Å². The molecule has 0 aromatic carbocycles. The van der Waals surface area contributed by atoms with Crippen LogP contribution in [-0.4, -0.2) is 22.7 Å². The number of hydrogen-bond donors (Lipinski definition) is 1. The van der Waals surface area contributed by atoms with Crippen molar-refractivity contribution < 1.29 is 5.11 Å².